The van der Waals surface area contributed by atoms with Gasteiger partial charge in [0.2, 0.25) is 0 Å². The highest BCUT2D eigenvalue weighted by atomic mass is 35.5. The van der Waals surface area contributed by atoms with Gasteiger partial charge in [-0.2, -0.15) is 26.3 Å². The van der Waals surface area contributed by atoms with Crippen molar-refractivity contribution in [2.45, 2.75) is 50.5 Å². The monoisotopic (exact) mass is 822 g/mol. The number of aliphatic hydroxyl groups is 2. The number of fused-ring (bicyclic) bond motifs is 2. The average Bonchev–Trinajstić information content (AvgIpc) is 3.68. The van der Waals surface area contributed by atoms with Crippen LogP contribution in [-0.2, 0) is 43.4 Å². The lowest BCUT2D eigenvalue weighted by molar-refractivity contribution is -0.268. The number of hydrogen-bond acceptors (Lipinski definition) is 6. The molecule has 8 nitrogen and oxygen atoms in total. The van der Waals surface area contributed by atoms with Crippen LogP contribution in [0.4, 0.5) is 26.3 Å². The van der Waals surface area contributed by atoms with Gasteiger partial charge < -0.3 is 28.8 Å². The minimum absolute atomic E-state index is 0.0632. The number of carbonyl (C=O) groups is 2. The van der Waals surface area contributed by atoms with Crippen molar-refractivity contribution in [2.75, 3.05) is 13.2 Å². The van der Waals surface area contributed by atoms with Gasteiger partial charge in [0.05, 0.1) is 24.2 Å². The number of halogens is 8. The number of nitrogens with zero attached hydrogens (tertiary/aromatic N) is 2. The number of hydrogen-bond donors (Lipinski definition) is 2. The highest BCUT2D eigenvalue weighted by Gasteiger charge is 2.64. The van der Waals surface area contributed by atoms with E-state index in [1.807, 2.05) is 36.4 Å². The summed E-state index contributed by atoms with van der Waals surface area (Å²) in [6.07, 6.45) is -8.30. The van der Waals surface area contributed by atoms with Crippen molar-refractivity contribution in [1.82, 2.24) is 9.13 Å². The Labute approximate surface area is 326 Å². The molecule has 2 aromatic heterocycles. The SMILES string of the molecule is CCOC(=O)C(O)(c1cn(Cc2ccccc2)c2cc(Cl)ccc12)C(F)(F)F.CCOC(=O)C(O)(c1cn(Cc2ccccc2)c2cc(Cl)ccc12)C(F)(F)F. The van der Waals surface area contributed by atoms with Gasteiger partial charge in [-0.05, 0) is 49.2 Å². The summed E-state index contributed by atoms with van der Waals surface area (Å²) in [6, 6.07) is 26.6. The Morgan fingerprint density at radius 3 is 1.23 bits per heavy atom. The van der Waals surface area contributed by atoms with Crippen LogP contribution in [-0.4, -0.2) is 56.9 Å². The van der Waals surface area contributed by atoms with E-state index in [2.05, 4.69) is 9.47 Å². The van der Waals surface area contributed by atoms with Gasteiger partial charge in [-0.25, -0.2) is 9.59 Å². The number of ether oxygens (including phenoxy) is 2. The molecule has 0 aliphatic rings. The maximum atomic E-state index is 13.8. The molecule has 0 saturated carbocycles. The number of carbonyl (C=O) groups excluding carboxylic acids is 2. The summed E-state index contributed by atoms with van der Waals surface area (Å²) < 4.78 is 95.0. The number of esters is 2. The molecule has 2 atom stereocenters. The Kier molecular flexibility index (Phi) is 12.5. The summed E-state index contributed by atoms with van der Waals surface area (Å²) in [6.45, 7) is 2.60. The maximum absolute atomic E-state index is 13.8. The molecule has 2 heterocycles. The lowest BCUT2D eigenvalue weighted by Crippen LogP contribution is -2.50. The number of alkyl halides is 6. The highest BCUT2D eigenvalue weighted by molar-refractivity contribution is 6.31. The van der Waals surface area contributed by atoms with Crippen molar-refractivity contribution >= 4 is 56.9 Å². The lowest BCUT2D eigenvalue weighted by atomic mass is 9.92. The Hall–Kier alpha value is -5.02. The number of benzene rings is 4. The van der Waals surface area contributed by atoms with Crippen LogP contribution < -0.4 is 0 Å². The molecule has 2 unspecified atom stereocenters. The largest absolute Gasteiger partial charge is 0.463 e. The third-order valence-electron chi connectivity index (χ3n) is 8.82. The molecule has 0 saturated heterocycles. The normalized spacial score (nSPS) is 14.1. The van der Waals surface area contributed by atoms with Gasteiger partial charge in [-0.3, -0.25) is 0 Å². The van der Waals surface area contributed by atoms with Gasteiger partial charge in [-0.1, -0.05) is 96.0 Å². The summed E-state index contributed by atoms with van der Waals surface area (Å²) in [4.78, 5) is 24.3. The van der Waals surface area contributed by atoms with E-state index in [4.69, 9.17) is 23.2 Å². The fraction of sp³-hybridized carbons (Fsp3) is 0.250. The van der Waals surface area contributed by atoms with Gasteiger partial charge in [0.25, 0.3) is 11.2 Å². The molecule has 0 aliphatic carbocycles. The van der Waals surface area contributed by atoms with Gasteiger partial charge in [0.15, 0.2) is 0 Å². The van der Waals surface area contributed by atoms with Gasteiger partial charge >= 0.3 is 24.3 Å². The Bertz CT molecular complexity index is 2170. The molecule has 2 N–H and O–H groups in total. The van der Waals surface area contributed by atoms with Crippen LogP contribution >= 0.6 is 23.2 Å². The molecule has 0 fully saturated rings. The van der Waals surface area contributed by atoms with Crippen LogP contribution in [0.2, 0.25) is 10.0 Å². The van der Waals surface area contributed by atoms with Crippen molar-refractivity contribution in [3.63, 3.8) is 0 Å². The molecule has 0 spiro atoms. The van der Waals surface area contributed by atoms with Crippen molar-refractivity contribution in [1.29, 1.82) is 0 Å². The first kappa shape index (κ1) is 42.1. The highest BCUT2D eigenvalue weighted by Crippen LogP contribution is 2.45. The zero-order chi connectivity index (χ0) is 41.1. The van der Waals surface area contributed by atoms with Crippen molar-refractivity contribution < 1.29 is 55.6 Å². The molecule has 0 bridgehead atoms. The van der Waals surface area contributed by atoms with E-state index >= 15 is 0 Å². The summed E-state index contributed by atoms with van der Waals surface area (Å²) in [5, 5.41) is 21.8. The lowest BCUT2D eigenvalue weighted by Gasteiger charge is -2.27. The third kappa shape index (κ3) is 8.24. The first-order valence-electron chi connectivity index (χ1n) is 16.9. The fourth-order valence-corrected chi connectivity index (χ4v) is 6.49. The van der Waals surface area contributed by atoms with E-state index in [9.17, 15) is 46.1 Å². The smallest absolute Gasteiger partial charge is 0.432 e. The second-order valence-corrected chi connectivity index (χ2v) is 13.4. The zero-order valence-corrected chi connectivity index (χ0v) is 31.2. The van der Waals surface area contributed by atoms with E-state index < -0.39 is 46.6 Å². The molecule has 0 amide bonds. The molecule has 16 heteroatoms. The minimum atomic E-state index is -5.27. The first-order valence-corrected chi connectivity index (χ1v) is 17.7. The van der Waals surface area contributed by atoms with E-state index in [-0.39, 0.29) is 37.1 Å². The van der Waals surface area contributed by atoms with Crippen LogP contribution in [0.25, 0.3) is 21.8 Å². The zero-order valence-electron chi connectivity index (χ0n) is 29.7. The first-order chi connectivity index (χ1) is 26.4. The molecule has 0 aliphatic heterocycles. The molecule has 56 heavy (non-hydrogen) atoms. The summed E-state index contributed by atoms with van der Waals surface area (Å²) >= 11 is 12.1. The van der Waals surface area contributed by atoms with Crippen molar-refractivity contribution in [2.24, 2.45) is 0 Å². The predicted molar refractivity (Wildman–Crippen MR) is 198 cm³/mol. The van der Waals surface area contributed by atoms with Gasteiger partial charge in [0, 0.05) is 57.4 Å². The number of aromatic nitrogens is 2. The summed E-state index contributed by atoms with van der Waals surface area (Å²) in [5.41, 5.74) is -6.40. The van der Waals surface area contributed by atoms with Crippen molar-refractivity contribution in [3.8, 4) is 0 Å². The van der Waals surface area contributed by atoms with Gasteiger partial charge in [-0.15, -0.1) is 0 Å². The predicted octanol–water partition coefficient (Wildman–Crippen LogP) is 9.31. The van der Waals surface area contributed by atoms with Crippen LogP contribution in [0.5, 0.6) is 0 Å². The van der Waals surface area contributed by atoms with Gasteiger partial charge in [0.1, 0.15) is 0 Å². The molecular weight excluding hydrogens is 789 g/mol. The molecule has 6 rings (SSSR count). The second kappa shape index (κ2) is 16.6. The standard InChI is InChI=1S/2C20H17ClF3NO3/c2*1-2-28-18(26)19(27,20(22,23)24)16-12-25(11-13-6-4-3-5-7-13)17-10-14(21)8-9-15(16)17/h2*3-10,12,27H,2,11H2,1H3. The van der Waals surface area contributed by atoms with E-state index in [1.54, 1.807) is 24.3 Å². The fourth-order valence-electron chi connectivity index (χ4n) is 6.16. The van der Waals surface area contributed by atoms with E-state index in [0.717, 1.165) is 23.5 Å². The van der Waals surface area contributed by atoms with E-state index in [1.165, 1.54) is 59.4 Å². The third-order valence-corrected chi connectivity index (χ3v) is 9.29. The number of rotatable bonds is 10. The summed E-state index contributed by atoms with van der Waals surface area (Å²) in [5.74, 6) is -3.53. The molecule has 4 aromatic carbocycles. The Morgan fingerprint density at radius 1 is 0.589 bits per heavy atom. The topological polar surface area (TPSA) is 103 Å². The Morgan fingerprint density at radius 2 is 0.929 bits per heavy atom. The Balaban J connectivity index is 0.000000214. The molecule has 6 aromatic rings. The average molecular weight is 824 g/mol. The molecule has 0 radical (unpaired) electrons. The molecule has 296 valence electrons. The van der Waals surface area contributed by atoms with Crippen molar-refractivity contribution in [3.05, 3.63) is 142 Å². The molecular formula is C40H34Cl2F6N2O6. The van der Waals surface area contributed by atoms with Crippen LogP contribution in [0.1, 0.15) is 36.1 Å². The van der Waals surface area contributed by atoms with Crippen LogP contribution in [0, 0.1) is 0 Å². The summed E-state index contributed by atoms with van der Waals surface area (Å²) in [7, 11) is 0. The quantitative estimate of drug-likeness (QED) is 0.106. The van der Waals surface area contributed by atoms with E-state index in [0.29, 0.717) is 21.1 Å². The minimum Gasteiger partial charge on any atom is -0.463 e. The van der Waals surface area contributed by atoms with Crippen LogP contribution in [0.3, 0.4) is 0 Å². The second-order valence-electron chi connectivity index (χ2n) is 12.5. The van der Waals surface area contributed by atoms with Crippen LogP contribution in [0.15, 0.2) is 109 Å². The maximum Gasteiger partial charge on any atom is 0.432 e.